The zero-order valence-electron chi connectivity index (χ0n) is 10.2. The van der Waals surface area contributed by atoms with Crippen LogP contribution in [0.25, 0.3) is 0 Å². The topological polar surface area (TPSA) is 92.4 Å². The van der Waals surface area contributed by atoms with Crippen molar-refractivity contribution in [3.8, 4) is 0 Å². The van der Waals surface area contributed by atoms with Crippen LogP contribution in [0.2, 0.25) is 0 Å². The lowest BCUT2D eigenvalue weighted by Crippen LogP contribution is -2.35. The lowest BCUT2D eigenvalue weighted by molar-refractivity contribution is 0.129. The highest BCUT2D eigenvalue weighted by molar-refractivity contribution is 7.89. The maximum atomic E-state index is 13.2. The molecule has 102 valence electrons. The summed E-state index contributed by atoms with van der Waals surface area (Å²) in [5, 5.41) is 9.53. The number of nitrogen functional groups attached to an aromatic ring is 1. The number of aliphatic hydroxyl groups excluding tert-OH is 1. The van der Waals surface area contributed by atoms with Crippen LogP contribution >= 0.6 is 0 Å². The molecule has 1 aromatic carbocycles. The summed E-state index contributed by atoms with van der Waals surface area (Å²) in [5.74, 6) is -0.875. The summed E-state index contributed by atoms with van der Waals surface area (Å²) >= 11 is 0. The zero-order chi connectivity index (χ0) is 13.9. The van der Waals surface area contributed by atoms with Crippen LogP contribution in [0.15, 0.2) is 23.1 Å². The Morgan fingerprint density at radius 3 is 2.61 bits per heavy atom. The Balaban J connectivity index is 2.91. The molecule has 0 spiro atoms. The first-order valence-electron chi connectivity index (χ1n) is 5.47. The molecule has 0 radical (unpaired) electrons. The van der Waals surface area contributed by atoms with Gasteiger partial charge in [-0.05, 0) is 18.1 Å². The van der Waals surface area contributed by atoms with Gasteiger partial charge in [-0.3, -0.25) is 0 Å². The fourth-order valence-electron chi connectivity index (χ4n) is 1.26. The first-order chi connectivity index (χ1) is 8.25. The van der Waals surface area contributed by atoms with E-state index >= 15 is 0 Å². The summed E-state index contributed by atoms with van der Waals surface area (Å²) in [6.45, 7) is 3.38. The summed E-state index contributed by atoms with van der Waals surface area (Å²) < 4.78 is 39.1. The van der Waals surface area contributed by atoms with Crippen LogP contribution in [0.3, 0.4) is 0 Å². The summed E-state index contributed by atoms with van der Waals surface area (Å²) in [6, 6.07) is 3.55. The van der Waals surface area contributed by atoms with Crippen LogP contribution in [0.1, 0.15) is 13.8 Å². The zero-order valence-corrected chi connectivity index (χ0v) is 11.0. The fourth-order valence-corrected chi connectivity index (χ4v) is 2.45. The van der Waals surface area contributed by atoms with Gasteiger partial charge in [-0.1, -0.05) is 19.9 Å². The van der Waals surface area contributed by atoms with Crippen molar-refractivity contribution in [3.63, 3.8) is 0 Å². The smallest absolute Gasteiger partial charge is 0.242 e. The minimum Gasteiger partial charge on any atom is -0.395 e. The van der Waals surface area contributed by atoms with Crippen molar-refractivity contribution in [1.29, 1.82) is 0 Å². The van der Waals surface area contributed by atoms with Gasteiger partial charge in [-0.15, -0.1) is 0 Å². The first kappa shape index (κ1) is 14.9. The van der Waals surface area contributed by atoms with Crippen LogP contribution in [0, 0.1) is 11.7 Å². The summed E-state index contributed by atoms with van der Waals surface area (Å²) in [6.07, 6.45) is -0.811. The second kappa shape index (κ2) is 5.64. The van der Waals surface area contributed by atoms with Crippen LogP contribution in [0.5, 0.6) is 0 Å². The summed E-state index contributed by atoms with van der Waals surface area (Å²) in [7, 11) is -3.92. The van der Waals surface area contributed by atoms with Gasteiger partial charge in [0.05, 0.1) is 11.8 Å². The van der Waals surface area contributed by atoms with Crippen molar-refractivity contribution < 1.29 is 17.9 Å². The van der Waals surface area contributed by atoms with Crippen LogP contribution in [-0.4, -0.2) is 26.2 Å². The third-order valence-corrected chi connectivity index (χ3v) is 4.04. The predicted molar refractivity (Wildman–Crippen MR) is 66.8 cm³/mol. The van der Waals surface area contributed by atoms with E-state index in [-0.39, 0.29) is 17.4 Å². The van der Waals surface area contributed by atoms with Gasteiger partial charge < -0.3 is 10.8 Å². The molecule has 0 amide bonds. The number of nitrogens with two attached hydrogens (primary N) is 1. The Labute approximate surface area is 106 Å². The number of anilines is 1. The summed E-state index contributed by atoms with van der Waals surface area (Å²) in [5.41, 5.74) is 4.95. The number of hydrogen-bond donors (Lipinski definition) is 3. The van der Waals surface area contributed by atoms with Crippen LogP contribution in [-0.2, 0) is 10.0 Å². The van der Waals surface area contributed by atoms with E-state index in [1.165, 1.54) is 12.1 Å². The SMILES string of the molecule is CC(C)C(O)CNS(=O)(=O)c1cccc(F)c1N. The molecule has 0 saturated heterocycles. The average Bonchev–Trinajstić information content (AvgIpc) is 2.29. The second-order valence-electron chi connectivity index (χ2n) is 4.31. The molecule has 1 aromatic rings. The van der Waals surface area contributed by atoms with Crippen molar-refractivity contribution >= 4 is 15.7 Å². The lowest BCUT2D eigenvalue weighted by Gasteiger charge is -2.15. The maximum absolute atomic E-state index is 13.2. The Morgan fingerprint density at radius 1 is 1.44 bits per heavy atom. The molecule has 0 aromatic heterocycles. The van der Waals surface area contributed by atoms with E-state index in [0.717, 1.165) is 6.07 Å². The number of hydrogen-bond acceptors (Lipinski definition) is 4. The van der Waals surface area contributed by atoms with E-state index in [1.54, 1.807) is 13.8 Å². The van der Waals surface area contributed by atoms with E-state index in [9.17, 15) is 17.9 Å². The molecule has 0 heterocycles. The van der Waals surface area contributed by atoms with Crippen molar-refractivity contribution in [2.45, 2.75) is 24.8 Å². The van der Waals surface area contributed by atoms with Crippen molar-refractivity contribution in [1.82, 2.24) is 4.72 Å². The molecule has 1 atom stereocenters. The van der Waals surface area contributed by atoms with E-state index in [1.807, 2.05) is 0 Å². The molecule has 1 rings (SSSR count). The Kier molecular flexibility index (Phi) is 4.66. The lowest BCUT2D eigenvalue weighted by atomic mass is 10.1. The number of halogens is 1. The van der Waals surface area contributed by atoms with Crippen molar-refractivity contribution in [2.24, 2.45) is 5.92 Å². The van der Waals surface area contributed by atoms with E-state index in [4.69, 9.17) is 5.73 Å². The minimum absolute atomic E-state index is 0.0856. The molecule has 1 unspecified atom stereocenters. The third kappa shape index (κ3) is 3.41. The van der Waals surface area contributed by atoms with Crippen LogP contribution < -0.4 is 10.5 Å². The molecule has 5 nitrogen and oxygen atoms in total. The first-order valence-corrected chi connectivity index (χ1v) is 6.95. The van der Waals surface area contributed by atoms with Gasteiger partial charge in [0.25, 0.3) is 0 Å². The monoisotopic (exact) mass is 276 g/mol. The Hall–Kier alpha value is -1.18. The van der Waals surface area contributed by atoms with Crippen molar-refractivity contribution in [3.05, 3.63) is 24.0 Å². The van der Waals surface area contributed by atoms with Gasteiger partial charge in [-0.25, -0.2) is 17.5 Å². The van der Waals surface area contributed by atoms with E-state index < -0.39 is 27.6 Å². The normalized spacial score (nSPS) is 13.8. The highest BCUT2D eigenvalue weighted by Crippen LogP contribution is 2.20. The predicted octanol–water partition coefficient (Wildman–Crippen LogP) is 0.703. The van der Waals surface area contributed by atoms with Crippen molar-refractivity contribution in [2.75, 3.05) is 12.3 Å². The molecular formula is C11H17FN2O3S. The van der Waals surface area contributed by atoms with Gasteiger partial charge in [0.1, 0.15) is 10.7 Å². The molecular weight excluding hydrogens is 259 g/mol. The highest BCUT2D eigenvalue weighted by atomic mass is 32.2. The summed E-state index contributed by atoms with van der Waals surface area (Å²) in [4.78, 5) is -0.321. The minimum atomic E-state index is -3.92. The highest BCUT2D eigenvalue weighted by Gasteiger charge is 2.21. The van der Waals surface area contributed by atoms with Crippen LogP contribution in [0.4, 0.5) is 10.1 Å². The maximum Gasteiger partial charge on any atom is 0.242 e. The molecule has 0 aliphatic heterocycles. The molecule has 0 aliphatic carbocycles. The van der Waals surface area contributed by atoms with Gasteiger partial charge in [0, 0.05) is 6.54 Å². The van der Waals surface area contributed by atoms with E-state index in [0.29, 0.717) is 0 Å². The number of para-hydroxylation sites is 1. The number of benzene rings is 1. The molecule has 0 fully saturated rings. The Bertz CT molecular complexity index is 517. The molecule has 0 bridgehead atoms. The molecule has 0 saturated carbocycles. The van der Waals surface area contributed by atoms with Gasteiger partial charge in [0.2, 0.25) is 10.0 Å². The fraction of sp³-hybridized carbons (Fsp3) is 0.455. The number of nitrogens with one attached hydrogen (secondary N) is 1. The molecule has 4 N–H and O–H groups in total. The number of aliphatic hydroxyl groups is 1. The Morgan fingerprint density at radius 2 is 2.06 bits per heavy atom. The van der Waals surface area contributed by atoms with Gasteiger partial charge in [-0.2, -0.15) is 0 Å². The van der Waals surface area contributed by atoms with E-state index in [2.05, 4.69) is 4.72 Å². The number of sulfonamides is 1. The van der Waals surface area contributed by atoms with Gasteiger partial charge >= 0.3 is 0 Å². The largest absolute Gasteiger partial charge is 0.395 e. The quantitative estimate of drug-likeness (QED) is 0.690. The average molecular weight is 276 g/mol. The standard InChI is InChI=1S/C11H17FN2O3S/c1-7(2)9(15)6-14-18(16,17)10-5-3-4-8(12)11(10)13/h3-5,7,9,14-15H,6,13H2,1-2H3. The second-order valence-corrected chi connectivity index (χ2v) is 6.05. The number of rotatable bonds is 5. The van der Waals surface area contributed by atoms with Gasteiger partial charge in [0.15, 0.2) is 0 Å². The molecule has 0 aliphatic rings. The molecule has 7 heteroatoms. The molecule has 18 heavy (non-hydrogen) atoms. The third-order valence-electron chi connectivity index (χ3n) is 2.55.